The normalized spacial score (nSPS) is 12.8. The van der Waals surface area contributed by atoms with Crippen LogP contribution in [0.4, 0.5) is 19.0 Å². The van der Waals surface area contributed by atoms with Crippen LogP contribution in [0.25, 0.3) is 5.69 Å². The van der Waals surface area contributed by atoms with Crippen molar-refractivity contribution in [3.05, 3.63) is 66.4 Å². The Bertz CT molecular complexity index is 797. The van der Waals surface area contributed by atoms with E-state index in [1.54, 1.807) is 11.0 Å². The maximum atomic E-state index is 12.7. The third kappa shape index (κ3) is 3.53. The van der Waals surface area contributed by atoms with Crippen LogP contribution in [-0.4, -0.2) is 19.7 Å². The van der Waals surface area contributed by atoms with Crippen molar-refractivity contribution < 1.29 is 13.2 Å². The highest BCUT2D eigenvalue weighted by molar-refractivity contribution is 5.42. The minimum absolute atomic E-state index is 0.178. The van der Waals surface area contributed by atoms with E-state index >= 15 is 0 Å². The Morgan fingerprint density at radius 1 is 1.12 bits per heavy atom. The summed E-state index contributed by atoms with van der Waals surface area (Å²) < 4.78 is 39.8. The summed E-state index contributed by atoms with van der Waals surface area (Å²) in [4.78, 5) is 7.82. The topological polar surface area (TPSA) is 55.6 Å². The molecule has 124 valence electrons. The number of hydrogen-bond acceptors (Lipinski definition) is 4. The van der Waals surface area contributed by atoms with Gasteiger partial charge in [-0.1, -0.05) is 12.1 Å². The van der Waals surface area contributed by atoms with Gasteiger partial charge in [-0.2, -0.15) is 18.3 Å². The zero-order valence-corrected chi connectivity index (χ0v) is 12.7. The van der Waals surface area contributed by atoms with Gasteiger partial charge in [-0.3, -0.25) is 0 Å². The first kappa shape index (κ1) is 16.0. The molecule has 8 heteroatoms. The van der Waals surface area contributed by atoms with Gasteiger partial charge < -0.3 is 5.32 Å². The standard InChI is InChI=1S/C16H14F3N5/c1-11(23-15-8-13(6-7-21-15)16(17,18)19)12-2-4-14(5-3-12)24-10-20-9-22-24/h2-11H,1H3,(H,21,23). The molecular weight excluding hydrogens is 319 g/mol. The van der Waals surface area contributed by atoms with Crippen molar-refractivity contribution in [2.75, 3.05) is 5.32 Å². The van der Waals surface area contributed by atoms with Gasteiger partial charge in [0.25, 0.3) is 0 Å². The Labute approximate surface area is 136 Å². The second kappa shape index (κ2) is 6.31. The van der Waals surface area contributed by atoms with E-state index in [1.807, 2.05) is 31.2 Å². The highest BCUT2D eigenvalue weighted by Gasteiger charge is 2.30. The first-order valence-electron chi connectivity index (χ1n) is 7.18. The first-order chi connectivity index (χ1) is 11.4. The molecule has 0 aliphatic rings. The third-order valence-electron chi connectivity index (χ3n) is 3.53. The van der Waals surface area contributed by atoms with E-state index in [4.69, 9.17) is 0 Å². The number of rotatable bonds is 4. The Morgan fingerprint density at radius 2 is 1.88 bits per heavy atom. The number of anilines is 1. The summed E-state index contributed by atoms with van der Waals surface area (Å²) in [5, 5.41) is 7.01. The Kier molecular flexibility index (Phi) is 4.20. The average molecular weight is 333 g/mol. The van der Waals surface area contributed by atoms with Crippen molar-refractivity contribution in [3.8, 4) is 5.69 Å². The molecule has 5 nitrogen and oxygen atoms in total. The van der Waals surface area contributed by atoms with Crippen LogP contribution in [0.1, 0.15) is 24.1 Å². The SMILES string of the molecule is CC(Nc1cc(C(F)(F)F)ccn1)c1ccc(-n2cncn2)cc1. The molecule has 0 aliphatic heterocycles. The van der Waals surface area contributed by atoms with Crippen molar-refractivity contribution in [1.29, 1.82) is 0 Å². The molecule has 0 fully saturated rings. The van der Waals surface area contributed by atoms with E-state index in [0.29, 0.717) is 0 Å². The van der Waals surface area contributed by atoms with Crippen molar-refractivity contribution in [2.24, 2.45) is 0 Å². The lowest BCUT2D eigenvalue weighted by Crippen LogP contribution is -2.10. The molecule has 1 N–H and O–H groups in total. The van der Waals surface area contributed by atoms with E-state index in [0.717, 1.165) is 29.6 Å². The summed E-state index contributed by atoms with van der Waals surface area (Å²) in [6, 6.07) is 9.22. The first-order valence-corrected chi connectivity index (χ1v) is 7.18. The molecule has 2 aromatic heterocycles. The molecule has 0 saturated heterocycles. The number of benzene rings is 1. The number of nitrogens with one attached hydrogen (secondary N) is 1. The van der Waals surface area contributed by atoms with Gasteiger partial charge in [0, 0.05) is 12.2 Å². The lowest BCUT2D eigenvalue weighted by Gasteiger charge is -2.16. The number of halogens is 3. The summed E-state index contributed by atoms with van der Waals surface area (Å²) in [7, 11) is 0. The maximum absolute atomic E-state index is 12.7. The number of aromatic nitrogens is 4. The molecule has 0 saturated carbocycles. The molecule has 0 spiro atoms. The third-order valence-corrected chi connectivity index (χ3v) is 3.53. The van der Waals surface area contributed by atoms with Crippen LogP contribution in [-0.2, 0) is 6.18 Å². The fraction of sp³-hybridized carbons (Fsp3) is 0.188. The van der Waals surface area contributed by atoms with Crippen LogP contribution in [0.3, 0.4) is 0 Å². The Hall–Kier alpha value is -2.90. The smallest absolute Gasteiger partial charge is 0.364 e. The van der Waals surface area contributed by atoms with Crippen LogP contribution in [0, 0.1) is 0 Å². The molecule has 1 atom stereocenters. The fourth-order valence-electron chi connectivity index (χ4n) is 2.25. The zero-order chi connectivity index (χ0) is 17.2. The number of pyridine rings is 1. The molecular formula is C16H14F3N5. The second-order valence-corrected chi connectivity index (χ2v) is 5.23. The van der Waals surface area contributed by atoms with E-state index in [2.05, 4.69) is 20.4 Å². The van der Waals surface area contributed by atoms with Crippen molar-refractivity contribution in [3.63, 3.8) is 0 Å². The molecule has 0 aliphatic carbocycles. The maximum Gasteiger partial charge on any atom is 0.416 e. The predicted octanol–water partition coefficient (Wildman–Crippen LogP) is 3.85. The van der Waals surface area contributed by atoms with Gasteiger partial charge in [-0.15, -0.1) is 0 Å². The largest absolute Gasteiger partial charge is 0.416 e. The molecule has 3 aromatic rings. The van der Waals surface area contributed by atoms with Crippen LogP contribution < -0.4 is 5.32 Å². The summed E-state index contributed by atoms with van der Waals surface area (Å²) in [5.41, 5.74) is 1.03. The summed E-state index contributed by atoms with van der Waals surface area (Å²) >= 11 is 0. The predicted molar refractivity (Wildman–Crippen MR) is 82.6 cm³/mol. The van der Waals surface area contributed by atoms with Gasteiger partial charge in [0.2, 0.25) is 0 Å². The molecule has 24 heavy (non-hydrogen) atoms. The van der Waals surface area contributed by atoms with Gasteiger partial charge in [-0.25, -0.2) is 14.6 Å². The van der Waals surface area contributed by atoms with Gasteiger partial charge in [0.1, 0.15) is 18.5 Å². The highest BCUT2D eigenvalue weighted by atomic mass is 19.4. The van der Waals surface area contributed by atoms with E-state index in [9.17, 15) is 13.2 Å². The minimum Gasteiger partial charge on any atom is -0.364 e. The molecule has 1 aromatic carbocycles. The Morgan fingerprint density at radius 3 is 2.50 bits per heavy atom. The highest BCUT2D eigenvalue weighted by Crippen LogP contribution is 2.30. The van der Waals surface area contributed by atoms with Crippen LogP contribution >= 0.6 is 0 Å². The molecule has 2 heterocycles. The number of nitrogens with zero attached hydrogens (tertiary/aromatic N) is 4. The monoisotopic (exact) mass is 333 g/mol. The quantitative estimate of drug-likeness (QED) is 0.788. The summed E-state index contributed by atoms with van der Waals surface area (Å²) in [6.45, 7) is 1.85. The minimum atomic E-state index is -4.39. The summed E-state index contributed by atoms with van der Waals surface area (Å²) in [5.74, 6) is 0.178. The fourth-order valence-corrected chi connectivity index (χ4v) is 2.25. The van der Waals surface area contributed by atoms with Crippen molar-refractivity contribution in [1.82, 2.24) is 19.7 Å². The lowest BCUT2D eigenvalue weighted by atomic mass is 10.1. The van der Waals surface area contributed by atoms with E-state index in [1.165, 1.54) is 6.33 Å². The molecule has 0 radical (unpaired) electrons. The van der Waals surface area contributed by atoms with Gasteiger partial charge in [-0.05, 0) is 36.8 Å². The Balaban J connectivity index is 1.74. The van der Waals surface area contributed by atoms with Crippen LogP contribution in [0.2, 0.25) is 0 Å². The van der Waals surface area contributed by atoms with Gasteiger partial charge in [0.15, 0.2) is 0 Å². The van der Waals surface area contributed by atoms with Gasteiger partial charge >= 0.3 is 6.18 Å². The van der Waals surface area contributed by atoms with Gasteiger partial charge in [0.05, 0.1) is 11.3 Å². The second-order valence-electron chi connectivity index (χ2n) is 5.23. The lowest BCUT2D eigenvalue weighted by molar-refractivity contribution is -0.137. The average Bonchev–Trinajstić information content (AvgIpc) is 3.09. The summed E-state index contributed by atoms with van der Waals surface area (Å²) in [6.07, 6.45) is -0.214. The molecule has 3 rings (SSSR count). The molecule has 1 unspecified atom stereocenters. The van der Waals surface area contributed by atoms with E-state index in [-0.39, 0.29) is 11.9 Å². The van der Waals surface area contributed by atoms with Crippen LogP contribution in [0.5, 0.6) is 0 Å². The molecule has 0 amide bonds. The van der Waals surface area contributed by atoms with E-state index < -0.39 is 11.7 Å². The zero-order valence-electron chi connectivity index (χ0n) is 12.7. The number of hydrogen-bond donors (Lipinski definition) is 1. The van der Waals surface area contributed by atoms with Crippen molar-refractivity contribution >= 4 is 5.82 Å². The molecule has 0 bridgehead atoms. The number of alkyl halides is 3. The van der Waals surface area contributed by atoms with Crippen LogP contribution in [0.15, 0.2) is 55.2 Å². The van der Waals surface area contributed by atoms with Crippen molar-refractivity contribution in [2.45, 2.75) is 19.1 Å².